The van der Waals surface area contributed by atoms with Gasteiger partial charge in [0.25, 0.3) is 0 Å². The van der Waals surface area contributed by atoms with E-state index in [1.165, 1.54) is 6.07 Å². The molecule has 136 valence electrons. The van der Waals surface area contributed by atoms with Crippen molar-refractivity contribution in [1.82, 2.24) is 9.80 Å². The molecule has 2 aliphatic rings. The molecular formula is C20H27FN2O2. The van der Waals surface area contributed by atoms with Gasteiger partial charge in [-0.2, -0.15) is 0 Å². The predicted octanol–water partition coefficient (Wildman–Crippen LogP) is 2.80. The third-order valence-electron chi connectivity index (χ3n) is 5.14. The van der Waals surface area contributed by atoms with Crippen LogP contribution < -0.4 is 0 Å². The van der Waals surface area contributed by atoms with Crippen LogP contribution in [0.15, 0.2) is 29.8 Å². The molecule has 5 heteroatoms. The first kappa shape index (κ1) is 18.1. The SMILES string of the molecule is C/C(=C\c1ccccc1F)C(=O)N1CCC(CN2CCOCC2)CC1. The first-order valence-electron chi connectivity index (χ1n) is 9.15. The summed E-state index contributed by atoms with van der Waals surface area (Å²) in [6.45, 7) is 8.15. The molecule has 0 saturated carbocycles. The van der Waals surface area contributed by atoms with Crippen LogP contribution in [0.1, 0.15) is 25.3 Å². The zero-order valence-corrected chi connectivity index (χ0v) is 14.9. The summed E-state index contributed by atoms with van der Waals surface area (Å²) in [5.41, 5.74) is 1.06. The van der Waals surface area contributed by atoms with Gasteiger partial charge in [0.15, 0.2) is 0 Å². The lowest BCUT2D eigenvalue weighted by Gasteiger charge is -2.36. The number of rotatable bonds is 4. The quantitative estimate of drug-likeness (QED) is 0.786. The van der Waals surface area contributed by atoms with Gasteiger partial charge in [-0.15, -0.1) is 0 Å². The lowest BCUT2D eigenvalue weighted by Crippen LogP contribution is -2.44. The third kappa shape index (κ3) is 4.89. The third-order valence-corrected chi connectivity index (χ3v) is 5.14. The van der Waals surface area contributed by atoms with E-state index in [0.717, 1.165) is 58.8 Å². The van der Waals surface area contributed by atoms with Crippen LogP contribution in [0.5, 0.6) is 0 Å². The number of likely N-dealkylation sites (tertiary alicyclic amines) is 1. The molecule has 0 bridgehead atoms. The van der Waals surface area contributed by atoms with Crippen LogP contribution in [0.4, 0.5) is 4.39 Å². The Hall–Kier alpha value is -1.72. The van der Waals surface area contributed by atoms with Gasteiger partial charge >= 0.3 is 0 Å². The van der Waals surface area contributed by atoms with Crippen LogP contribution in [-0.4, -0.2) is 61.6 Å². The van der Waals surface area contributed by atoms with Crippen LogP contribution in [0.2, 0.25) is 0 Å². The number of amides is 1. The van der Waals surface area contributed by atoms with Crippen LogP contribution in [-0.2, 0) is 9.53 Å². The topological polar surface area (TPSA) is 32.8 Å². The number of halogens is 1. The molecule has 0 aromatic heterocycles. The van der Waals surface area contributed by atoms with Crippen molar-refractivity contribution in [3.8, 4) is 0 Å². The minimum absolute atomic E-state index is 0.0214. The summed E-state index contributed by atoms with van der Waals surface area (Å²) in [5, 5.41) is 0. The van der Waals surface area contributed by atoms with E-state index in [4.69, 9.17) is 4.74 Å². The van der Waals surface area contributed by atoms with Gasteiger partial charge in [0.05, 0.1) is 13.2 Å². The Kier molecular flexibility index (Phi) is 6.21. The Morgan fingerprint density at radius 2 is 1.88 bits per heavy atom. The molecule has 1 aromatic carbocycles. The Morgan fingerprint density at radius 1 is 1.20 bits per heavy atom. The number of ether oxygens (including phenoxy) is 1. The summed E-state index contributed by atoms with van der Waals surface area (Å²) in [7, 11) is 0. The number of hydrogen-bond acceptors (Lipinski definition) is 3. The number of nitrogens with zero attached hydrogens (tertiary/aromatic N) is 2. The van der Waals surface area contributed by atoms with E-state index in [0.29, 0.717) is 17.1 Å². The van der Waals surface area contributed by atoms with E-state index in [9.17, 15) is 9.18 Å². The molecule has 0 spiro atoms. The van der Waals surface area contributed by atoms with Crippen molar-refractivity contribution in [1.29, 1.82) is 0 Å². The van der Waals surface area contributed by atoms with E-state index in [1.807, 2.05) is 4.90 Å². The molecule has 2 aliphatic heterocycles. The summed E-state index contributed by atoms with van der Waals surface area (Å²) >= 11 is 0. The Morgan fingerprint density at radius 3 is 2.56 bits per heavy atom. The van der Waals surface area contributed by atoms with Crippen molar-refractivity contribution in [2.75, 3.05) is 45.9 Å². The highest BCUT2D eigenvalue weighted by atomic mass is 19.1. The second-order valence-corrected chi connectivity index (χ2v) is 7.00. The highest BCUT2D eigenvalue weighted by molar-refractivity contribution is 5.97. The number of carbonyl (C=O) groups excluding carboxylic acids is 1. The van der Waals surface area contributed by atoms with E-state index in [1.54, 1.807) is 31.2 Å². The Bertz CT molecular complexity index is 618. The number of piperidine rings is 1. The highest BCUT2D eigenvalue weighted by Crippen LogP contribution is 2.21. The van der Waals surface area contributed by atoms with Crippen molar-refractivity contribution >= 4 is 12.0 Å². The number of benzene rings is 1. The minimum Gasteiger partial charge on any atom is -0.379 e. The molecule has 2 heterocycles. The summed E-state index contributed by atoms with van der Waals surface area (Å²) in [6, 6.07) is 6.55. The molecule has 1 aromatic rings. The maximum absolute atomic E-state index is 13.7. The summed E-state index contributed by atoms with van der Waals surface area (Å²) < 4.78 is 19.1. The predicted molar refractivity (Wildman–Crippen MR) is 96.6 cm³/mol. The summed E-state index contributed by atoms with van der Waals surface area (Å²) in [4.78, 5) is 17.0. The maximum atomic E-state index is 13.7. The fourth-order valence-electron chi connectivity index (χ4n) is 3.60. The molecule has 2 fully saturated rings. The monoisotopic (exact) mass is 346 g/mol. The number of carbonyl (C=O) groups is 1. The fourth-order valence-corrected chi connectivity index (χ4v) is 3.60. The minimum atomic E-state index is -0.293. The van der Waals surface area contributed by atoms with E-state index >= 15 is 0 Å². The molecule has 0 radical (unpaired) electrons. The molecular weight excluding hydrogens is 319 g/mol. The van der Waals surface area contributed by atoms with E-state index < -0.39 is 0 Å². The van der Waals surface area contributed by atoms with Crippen LogP contribution in [0.3, 0.4) is 0 Å². The molecule has 0 unspecified atom stereocenters. The molecule has 0 N–H and O–H groups in total. The lowest BCUT2D eigenvalue weighted by atomic mass is 9.95. The number of morpholine rings is 1. The van der Waals surface area contributed by atoms with Gasteiger partial charge in [0.2, 0.25) is 5.91 Å². The molecule has 1 amide bonds. The van der Waals surface area contributed by atoms with Crippen molar-refractivity contribution in [3.05, 3.63) is 41.2 Å². The fraction of sp³-hybridized carbons (Fsp3) is 0.550. The van der Waals surface area contributed by atoms with Gasteiger partial charge in [0, 0.05) is 43.9 Å². The second kappa shape index (κ2) is 8.59. The lowest BCUT2D eigenvalue weighted by molar-refractivity contribution is -0.128. The average molecular weight is 346 g/mol. The molecule has 2 saturated heterocycles. The molecule has 0 aliphatic carbocycles. The molecule has 3 rings (SSSR count). The number of hydrogen-bond donors (Lipinski definition) is 0. The van der Waals surface area contributed by atoms with Crippen molar-refractivity contribution in [3.63, 3.8) is 0 Å². The zero-order chi connectivity index (χ0) is 17.6. The smallest absolute Gasteiger partial charge is 0.249 e. The Labute approximate surface area is 149 Å². The second-order valence-electron chi connectivity index (χ2n) is 7.00. The largest absolute Gasteiger partial charge is 0.379 e. The summed E-state index contributed by atoms with van der Waals surface area (Å²) in [5.74, 6) is 0.380. The Balaban J connectivity index is 1.51. The van der Waals surface area contributed by atoms with Crippen molar-refractivity contribution in [2.24, 2.45) is 5.92 Å². The van der Waals surface area contributed by atoms with Crippen molar-refractivity contribution in [2.45, 2.75) is 19.8 Å². The first-order valence-corrected chi connectivity index (χ1v) is 9.15. The van der Waals surface area contributed by atoms with E-state index in [-0.39, 0.29) is 11.7 Å². The highest BCUT2D eigenvalue weighted by Gasteiger charge is 2.25. The van der Waals surface area contributed by atoms with Crippen LogP contribution >= 0.6 is 0 Å². The summed E-state index contributed by atoms with van der Waals surface area (Å²) in [6.07, 6.45) is 3.73. The van der Waals surface area contributed by atoms with Crippen molar-refractivity contribution < 1.29 is 13.9 Å². The zero-order valence-electron chi connectivity index (χ0n) is 14.9. The van der Waals surface area contributed by atoms with Crippen LogP contribution in [0.25, 0.3) is 6.08 Å². The maximum Gasteiger partial charge on any atom is 0.249 e. The first-order chi connectivity index (χ1) is 12.1. The van der Waals surface area contributed by atoms with Gasteiger partial charge < -0.3 is 9.64 Å². The molecule has 4 nitrogen and oxygen atoms in total. The normalized spacial score (nSPS) is 20.7. The average Bonchev–Trinajstić information content (AvgIpc) is 2.64. The van der Waals surface area contributed by atoms with Gasteiger partial charge in [-0.25, -0.2) is 4.39 Å². The van der Waals surface area contributed by atoms with Gasteiger partial charge in [0.1, 0.15) is 5.82 Å². The standard InChI is InChI=1S/C20H27FN2O2/c1-16(14-18-4-2-3-5-19(18)21)20(24)23-8-6-17(7-9-23)15-22-10-12-25-13-11-22/h2-5,14,17H,6-13,15H2,1H3/b16-14+. The van der Waals surface area contributed by atoms with Crippen LogP contribution in [0, 0.1) is 11.7 Å². The van der Waals surface area contributed by atoms with E-state index in [2.05, 4.69) is 4.90 Å². The van der Waals surface area contributed by atoms with Gasteiger partial charge in [-0.05, 0) is 37.8 Å². The van der Waals surface area contributed by atoms with Gasteiger partial charge in [-0.1, -0.05) is 18.2 Å². The molecule has 25 heavy (non-hydrogen) atoms. The van der Waals surface area contributed by atoms with Gasteiger partial charge in [-0.3, -0.25) is 9.69 Å². The molecule has 0 atom stereocenters.